The zero-order valence-electron chi connectivity index (χ0n) is 66.4. The van der Waals surface area contributed by atoms with Gasteiger partial charge in [0.15, 0.2) is 41.5 Å². The number of nitrogens with one attached hydrogen (secondary N) is 1. The van der Waals surface area contributed by atoms with Crippen molar-refractivity contribution in [3.8, 4) is 0 Å². The van der Waals surface area contributed by atoms with Crippen molar-refractivity contribution in [2.24, 2.45) is 0 Å². The lowest BCUT2D eigenvalue weighted by Gasteiger charge is -2.26. The third kappa shape index (κ3) is 18.7. The number of nitro groups is 2. The topological polar surface area (TPSA) is 713 Å². The fraction of sp³-hybridized carbons (Fsp3) is 0.373. The quantitative estimate of drug-likeness (QED) is 0.0166. The molecule has 48 nitrogen and oxygen atoms in total. The van der Waals surface area contributed by atoms with Crippen LogP contribution in [0.5, 0.6) is 0 Å². The highest BCUT2D eigenvalue weighted by atomic mass is 16.6. The van der Waals surface area contributed by atoms with Gasteiger partial charge in [-0.15, -0.1) is 0 Å². The molecule has 1 amide bonds. The third-order valence-electron chi connectivity index (χ3n) is 20.1. The van der Waals surface area contributed by atoms with Gasteiger partial charge in [-0.25, -0.2) is 49.8 Å². The average molecular weight is 1710 g/mol. The smallest absolute Gasteiger partial charge is 0.303 e. The summed E-state index contributed by atoms with van der Waals surface area (Å²) in [5.74, 6) is -3.50. The lowest BCUT2D eigenvalue weighted by molar-refractivity contribution is -0.383. The SMILES string of the molecule is CC(=O)Nc1ncnc2c1c([N+](=O)[O-])cn2[C@@H]1C=C(COC(C)=O)[C@H](OC(C)=O)C1OC(C)=O.CC(=O)OCC1=C[C@@H](n2ccc3c(C)ncnc32)C(OC(C)=O)[C@H]1OC(C)=O.Nc1cn([C@@H]2C=C(CO)[C@H](O)C2O)c2ncnc(N)c12.Nc1ncnc2c1c([N+](=O)[O-])cn2[C@@H]1C=C(CO)[C@H](O)C1O.Nc1ncnc2c1ccn2[C@@H]1C=C(CO)[C@H](O)C1O. The van der Waals surface area contributed by atoms with Crippen molar-refractivity contribution in [1.29, 1.82) is 0 Å². The van der Waals surface area contributed by atoms with Crippen LogP contribution in [0.3, 0.4) is 0 Å². The molecule has 48 heteroatoms. The monoisotopic (exact) mass is 1710 g/mol. The highest BCUT2D eigenvalue weighted by Crippen LogP contribution is 2.44. The van der Waals surface area contributed by atoms with Crippen LogP contribution >= 0.6 is 0 Å². The first-order valence-corrected chi connectivity index (χ1v) is 37.0. The van der Waals surface area contributed by atoms with Crippen LogP contribution < -0.4 is 28.3 Å². The highest BCUT2D eigenvalue weighted by Gasteiger charge is 2.47. The number of anilines is 5. The molecular formula is C75H84N22O26. The molecule has 18 N–H and O–H groups in total. The van der Waals surface area contributed by atoms with E-state index in [1.54, 1.807) is 45.8 Å². The number of aryl methyl sites for hydroxylation is 1. The molecule has 0 radical (unpaired) electrons. The number of carbonyl (C=O) groups is 7. The summed E-state index contributed by atoms with van der Waals surface area (Å²) in [5, 5.41) is 115. The van der Waals surface area contributed by atoms with Crippen LogP contribution in [-0.2, 0) is 62.0 Å². The van der Waals surface area contributed by atoms with Crippen LogP contribution in [0.1, 0.15) is 84.4 Å². The van der Waals surface area contributed by atoms with Crippen molar-refractivity contribution in [2.75, 3.05) is 61.3 Å². The average Bonchev–Trinajstić information content (AvgIpc) is 1.57. The third-order valence-corrected chi connectivity index (χ3v) is 20.1. The first kappa shape index (κ1) is 89.5. The Morgan fingerprint density at radius 3 is 1.20 bits per heavy atom. The summed E-state index contributed by atoms with van der Waals surface area (Å²) in [6.07, 6.45) is 11.1. The number of aromatic nitrogens is 15. The molecule has 5 aliphatic rings. The minimum atomic E-state index is -1.26. The summed E-state index contributed by atoms with van der Waals surface area (Å²) in [7, 11) is 0. The van der Waals surface area contributed by atoms with Crippen molar-refractivity contribution in [3.05, 3.63) is 159 Å². The van der Waals surface area contributed by atoms with Crippen molar-refractivity contribution in [2.45, 2.75) is 147 Å². The van der Waals surface area contributed by atoms with E-state index in [-0.39, 0.29) is 77.2 Å². The maximum Gasteiger partial charge on any atom is 0.303 e. The molecule has 123 heavy (non-hydrogen) atoms. The number of nitrogen functional groups attached to an aromatic ring is 4. The second kappa shape index (κ2) is 37.6. The maximum absolute atomic E-state index is 11.9. The summed E-state index contributed by atoms with van der Waals surface area (Å²) >= 11 is 0. The molecule has 15 atom stereocenters. The number of esters is 6. The van der Waals surface area contributed by atoms with E-state index < -0.39 is 155 Å². The molecule has 0 bridgehead atoms. The molecule has 0 spiro atoms. The minimum absolute atomic E-state index is 0.0462. The minimum Gasteiger partial charge on any atom is -0.461 e. The summed E-state index contributed by atoms with van der Waals surface area (Å²) in [4.78, 5) is 143. The van der Waals surface area contributed by atoms with Gasteiger partial charge in [0.2, 0.25) is 5.91 Å². The number of aliphatic hydroxyl groups is 9. The van der Waals surface area contributed by atoms with Gasteiger partial charge in [0, 0.05) is 83.6 Å². The lowest BCUT2D eigenvalue weighted by Crippen LogP contribution is -2.37. The number of rotatable bonds is 19. The van der Waals surface area contributed by atoms with Gasteiger partial charge in [0.25, 0.3) is 11.4 Å². The van der Waals surface area contributed by atoms with Crippen LogP contribution in [0.15, 0.2) is 133 Å². The number of fused-ring (bicyclic) bond motifs is 5. The van der Waals surface area contributed by atoms with Crippen LogP contribution in [-0.4, -0.2) is 264 Å². The Balaban J connectivity index is 0.000000152. The molecule has 650 valence electrons. The van der Waals surface area contributed by atoms with Gasteiger partial charge in [0.1, 0.15) is 127 Å². The molecular weight excluding hydrogens is 1620 g/mol. The van der Waals surface area contributed by atoms with Gasteiger partial charge in [-0.3, -0.25) is 53.8 Å². The van der Waals surface area contributed by atoms with Crippen molar-refractivity contribution >= 4 is 137 Å². The van der Waals surface area contributed by atoms with Crippen molar-refractivity contribution in [3.63, 3.8) is 0 Å². The number of hydrogen-bond donors (Lipinski definition) is 14. The number of hydrogen-bond acceptors (Lipinski definition) is 40. The number of amides is 1. The Kier molecular flexibility index (Phi) is 27.3. The number of nitrogens with zero attached hydrogens (tertiary/aromatic N) is 17. The standard InChI is InChI=1S/C20H21N5O9.C19H21N3O6.C12H13N5O5.C12H15N5O3.C12H14N4O3/c1-9(26)23-19-16-15(25(30)31)6-24(20(16)22-8-21-19)14-5-13(7-32-10(2)27)17(33-11(3)28)18(14)34-12(4)29;1-10-15-5-6-22(19(15)21-9-20-10)16-7-14(8-26-11(2)23)17(27-12(3)24)18(16)28-13(4)25;13-11-8-7(17(21)22)2-16(12(8)15-4-14-11)6-1-5(3-18)9(19)10(6)20;13-6-2-17(12-8(6)11(14)15-4-16-12)7-1-5(3-18)9(19)10(7)20;13-11-7-1-2-16(12(7)15-5-14-11)8-3-6(4-17)9(18)10(8)19/h5-6,8,14,17-18H,7H2,1-4H3,(H,21,22,23,26);5-7,9,16-18H,8H2,1-4H3;1-2,4,6,9-10,18-20H,3H2,(H2,13,14,15);1-2,4,7,9-10,18-20H,3,13H2,(H2,14,15,16);1-3,5,8-10,17-19H,4H2,(H2,13,14,15)/t14-,17+,18?;16-,17+,18?;6-,9+,10?;7-,9+,10?;8-,9+,10?/m11111/s1. The Morgan fingerprint density at radius 1 is 0.423 bits per heavy atom. The summed E-state index contributed by atoms with van der Waals surface area (Å²) < 4.78 is 39.7. The maximum atomic E-state index is 11.9. The molecule has 0 aliphatic heterocycles. The number of nitrogens with two attached hydrogens (primary N) is 4. The Hall–Kier alpha value is -14.3. The van der Waals surface area contributed by atoms with E-state index in [0.29, 0.717) is 61.5 Å². The molecule has 15 rings (SSSR count). The molecule has 10 heterocycles. The molecule has 0 aromatic carbocycles. The highest BCUT2D eigenvalue weighted by molar-refractivity contribution is 6.03. The second-order valence-corrected chi connectivity index (χ2v) is 28.2. The fourth-order valence-electron chi connectivity index (χ4n) is 14.7. The summed E-state index contributed by atoms with van der Waals surface area (Å²) in [5.41, 5.74) is 27.4. The first-order chi connectivity index (χ1) is 58.4. The van der Waals surface area contributed by atoms with E-state index in [0.717, 1.165) is 43.8 Å². The van der Waals surface area contributed by atoms with Gasteiger partial charge >= 0.3 is 35.8 Å². The molecule has 5 aliphatic carbocycles. The molecule has 0 saturated carbocycles. The second-order valence-electron chi connectivity index (χ2n) is 28.2. The van der Waals surface area contributed by atoms with E-state index in [1.165, 1.54) is 81.1 Å². The van der Waals surface area contributed by atoms with Crippen LogP contribution in [0, 0.1) is 27.2 Å². The zero-order chi connectivity index (χ0) is 89.6. The first-order valence-electron chi connectivity index (χ1n) is 37.0. The summed E-state index contributed by atoms with van der Waals surface area (Å²) in [6, 6.07) is 0.344. The van der Waals surface area contributed by atoms with Gasteiger partial charge in [-0.1, -0.05) is 30.4 Å². The van der Waals surface area contributed by atoms with Crippen LogP contribution in [0.2, 0.25) is 0 Å². The van der Waals surface area contributed by atoms with E-state index in [2.05, 4.69) is 55.2 Å². The molecule has 10 aromatic rings. The molecule has 5 unspecified atom stereocenters. The Morgan fingerprint density at radius 2 is 0.772 bits per heavy atom. The predicted molar refractivity (Wildman–Crippen MR) is 426 cm³/mol. The lowest BCUT2D eigenvalue weighted by atomic mass is 10.1. The normalized spacial score (nSPS) is 23.0. The Bertz CT molecular complexity index is 5950. The largest absolute Gasteiger partial charge is 0.461 e. The van der Waals surface area contributed by atoms with Crippen molar-refractivity contribution < 1.29 is 118 Å². The van der Waals surface area contributed by atoms with Crippen LogP contribution in [0.4, 0.5) is 40.3 Å². The number of aliphatic hydroxyl groups excluding tert-OH is 9. The molecule has 0 saturated heterocycles. The van der Waals surface area contributed by atoms with E-state index in [4.69, 9.17) is 66.7 Å². The predicted octanol–water partition coefficient (Wildman–Crippen LogP) is -0.0307. The van der Waals surface area contributed by atoms with Gasteiger partial charge in [-0.2, -0.15) is 0 Å². The fourth-order valence-corrected chi connectivity index (χ4v) is 14.7. The van der Waals surface area contributed by atoms with Gasteiger partial charge in [0.05, 0.1) is 94.4 Å². The zero-order valence-corrected chi connectivity index (χ0v) is 66.4. The van der Waals surface area contributed by atoms with Crippen LogP contribution in [0.25, 0.3) is 55.2 Å². The summed E-state index contributed by atoms with van der Waals surface area (Å²) in [6.45, 7) is 9.06. The number of carbonyl (C=O) groups excluding carboxylic acids is 7. The van der Waals surface area contributed by atoms with E-state index >= 15 is 0 Å². The van der Waals surface area contributed by atoms with Gasteiger partial charge in [-0.05, 0) is 35.8 Å². The molecule has 0 fully saturated rings. The number of ether oxygens (including phenoxy) is 6. The molecule has 10 aromatic heterocycles. The van der Waals surface area contributed by atoms with E-state index in [9.17, 15) is 84.4 Å². The van der Waals surface area contributed by atoms with Gasteiger partial charge < -0.3 is 125 Å². The van der Waals surface area contributed by atoms with E-state index in [1.807, 2.05) is 23.8 Å². The Labute approximate surface area is 692 Å². The van der Waals surface area contributed by atoms with Crippen molar-refractivity contribution in [1.82, 2.24) is 72.7 Å².